The fraction of sp³-hybridized carbons (Fsp3) is 0.643. The lowest BCUT2D eigenvalue weighted by Gasteiger charge is -2.30. The average Bonchev–Trinajstić information content (AvgIpc) is 2.25. The summed E-state index contributed by atoms with van der Waals surface area (Å²) in [5, 5.41) is 10.2. The Kier molecular flexibility index (Phi) is 5.39. The van der Waals surface area contributed by atoms with Crippen LogP contribution in [0.3, 0.4) is 0 Å². The number of nitrogens with zero attached hydrogens (tertiary/aromatic N) is 1. The van der Waals surface area contributed by atoms with Gasteiger partial charge < -0.3 is 5.11 Å². The van der Waals surface area contributed by atoms with Crippen molar-refractivity contribution in [1.82, 2.24) is 4.90 Å². The molecule has 0 spiro atoms. The smallest absolute Gasteiger partial charge is 0.149 e. The Hall–Kier alpha value is -0.930. The van der Waals surface area contributed by atoms with Gasteiger partial charge >= 0.3 is 0 Å². The summed E-state index contributed by atoms with van der Waals surface area (Å²) in [6, 6.07) is -0.517. The van der Waals surface area contributed by atoms with Gasteiger partial charge in [-0.1, -0.05) is 31.2 Å². The number of Topliss-reactive ketones (excluding diaryl/α,β-unsaturated/α-hetero) is 1. The van der Waals surface area contributed by atoms with Gasteiger partial charge in [-0.2, -0.15) is 0 Å². The van der Waals surface area contributed by atoms with E-state index in [4.69, 9.17) is 4.11 Å². The molecule has 0 rings (SSSR count). The SMILES string of the molecule is [2H]C([2H])([2H])C=CC=CC[C@@H](C)C(O)[C@@H](C(C)=O)N(C)C. The lowest BCUT2D eigenvalue weighted by Crippen LogP contribution is -2.47. The van der Waals surface area contributed by atoms with E-state index in [0.717, 1.165) is 6.08 Å². The number of ketones is 1. The molecule has 1 N–H and O–H groups in total. The maximum Gasteiger partial charge on any atom is 0.149 e. The van der Waals surface area contributed by atoms with E-state index in [1.54, 1.807) is 31.1 Å². The normalized spacial score (nSPS) is 21.2. The molecule has 0 aliphatic heterocycles. The van der Waals surface area contributed by atoms with Crippen molar-refractivity contribution in [3.05, 3.63) is 24.3 Å². The molecule has 0 bridgehead atoms. The molecule has 17 heavy (non-hydrogen) atoms. The molecule has 0 fully saturated rings. The molecule has 0 aromatic rings. The first-order valence-corrected chi connectivity index (χ1v) is 5.75. The molecule has 0 aromatic carbocycles. The number of hydrogen-bond acceptors (Lipinski definition) is 3. The number of aliphatic hydroxyl groups is 1. The molecular formula is C14H25NO2. The first kappa shape index (κ1) is 11.2. The zero-order valence-corrected chi connectivity index (χ0v) is 11.1. The van der Waals surface area contributed by atoms with Gasteiger partial charge in [-0.05, 0) is 40.2 Å². The third-order valence-corrected chi connectivity index (χ3v) is 2.73. The van der Waals surface area contributed by atoms with Gasteiger partial charge in [-0.15, -0.1) is 0 Å². The van der Waals surface area contributed by atoms with E-state index in [2.05, 4.69) is 0 Å². The predicted octanol–water partition coefficient (Wildman–Crippen LogP) is 2.02. The Morgan fingerprint density at radius 1 is 1.47 bits per heavy atom. The zero-order chi connectivity index (χ0) is 15.9. The van der Waals surface area contributed by atoms with Gasteiger partial charge in [0, 0.05) is 4.11 Å². The number of carbonyl (C=O) groups is 1. The molecule has 0 aliphatic carbocycles. The second-order valence-electron chi connectivity index (χ2n) is 4.51. The van der Waals surface area contributed by atoms with Crippen molar-refractivity contribution in [1.29, 1.82) is 0 Å². The Morgan fingerprint density at radius 2 is 2.12 bits per heavy atom. The Balaban J connectivity index is 4.46. The summed E-state index contributed by atoms with van der Waals surface area (Å²) in [5.41, 5.74) is 0. The van der Waals surface area contributed by atoms with Gasteiger partial charge in [0.05, 0.1) is 12.1 Å². The van der Waals surface area contributed by atoms with Gasteiger partial charge in [0.25, 0.3) is 0 Å². The highest BCUT2D eigenvalue weighted by Gasteiger charge is 2.29. The minimum atomic E-state index is -2.07. The van der Waals surface area contributed by atoms with Crippen LogP contribution in [-0.2, 0) is 4.79 Å². The lowest BCUT2D eigenvalue weighted by atomic mass is 9.92. The second kappa shape index (κ2) is 8.20. The number of hydrogen-bond donors (Lipinski definition) is 1. The third-order valence-electron chi connectivity index (χ3n) is 2.73. The van der Waals surface area contributed by atoms with Gasteiger partial charge in [0.15, 0.2) is 0 Å². The Labute approximate surface area is 109 Å². The summed E-state index contributed by atoms with van der Waals surface area (Å²) in [7, 11) is 3.52. The van der Waals surface area contributed by atoms with Gasteiger partial charge in [0.1, 0.15) is 5.78 Å². The van der Waals surface area contributed by atoms with Crippen LogP contribution in [0.4, 0.5) is 0 Å². The molecule has 1 unspecified atom stereocenters. The van der Waals surface area contributed by atoms with Crippen LogP contribution in [0.15, 0.2) is 24.3 Å². The summed E-state index contributed by atoms with van der Waals surface area (Å²) < 4.78 is 21.0. The van der Waals surface area contributed by atoms with Crippen LogP contribution in [-0.4, -0.2) is 42.0 Å². The standard InChI is InChI=1S/C14H25NO2/c1-6-7-8-9-10-11(2)14(17)13(12(3)16)15(4)5/h6-9,11,13-14,17H,10H2,1-5H3/t11-,13-,14?/m1/s1/i1D3. The summed E-state index contributed by atoms with van der Waals surface area (Å²) in [4.78, 5) is 13.2. The van der Waals surface area contributed by atoms with Gasteiger partial charge in [-0.25, -0.2) is 0 Å². The van der Waals surface area contributed by atoms with Crippen molar-refractivity contribution < 1.29 is 14.0 Å². The first-order chi connectivity index (χ1) is 9.06. The van der Waals surface area contributed by atoms with Crippen LogP contribution in [0, 0.1) is 5.92 Å². The molecule has 0 radical (unpaired) electrons. The number of aliphatic hydroxyl groups excluding tert-OH is 1. The van der Waals surface area contributed by atoms with Gasteiger partial charge in [-0.3, -0.25) is 9.69 Å². The number of likely N-dealkylation sites (N-methyl/N-ethyl adjacent to an activating group) is 1. The van der Waals surface area contributed by atoms with Crippen molar-refractivity contribution in [2.75, 3.05) is 14.1 Å². The summed E-state index contributed by atoms with van der Waals surface area (Å²) in [6.07, 6.45) is 5.88. The molecule has 0 amide bonds. The molecule has 3 atom stereocenters. The summed E-state index contributed by atoms with van der Waals surface area (Å²) in [5.74, 6) is -0.163. The van der Waals surface area contributed by atoms with Crippen LogP contribution in [0.5, 0.6) is 0 Å². The number of rotatable bonds is 7. The van der Waals surface area contributed by atoms with E-state index in [-0.39, 0.29) is 11.7 Å². The fourth-order valence-electron chi connectivity index (χ4n) is 1.79. The van der Waals surface area contributed by atoms with Crippen LogP contribution in [0.25, 0.3) is 0 Å². The molecule has 3 nitrogen and oxygen atoms in total. The van der Waals surface area contributed by atoms with Crippen LogP contribution in [0.1, 0.15) is 31.2 Å². The molecule has 0 saturated carbocycles. The topological polar surface area (TPSA) is 40.5 Å². The van der Waals surface area contributed by atoms with E-state index in [9.17, 15) is 9.90 Å². The first-order valence-electron chi connectivity index (χ1n) is 7.25. The van der Waals surface area contributed by atoms with Crippen molar-refractivity contribution >= 4 is 5.78 Å². The van der Waals surface area contributed by atoms with E-state index >= 15 is 0 Å². The molecule has 3 heteroatoms. The molecule has 0 aromatic heterocycles. The number of carbonyl (C=O) groups excluding carboxylic acids is 1. The maximum atomic E-state index is 11.5. The molecule has 0 aliphatic rings. The molecule has 98 valence electrons. The van der Waals surface area contributed by atoms with Crippen LogP contribution >= 0.6 is 0 Å². The highest BCUT2D eigenvalue weighted by atomic mass is 16.3. The second-order valence-corrected chi connectivity index (χ2v) is 4.51. The van der Waals surface area contributed by atoms with Crippen molar-refractivity contribution in [3.63, 3.8) is 0 Å². The lowest BCUT2D eigenvalue weighted by molar-refractivity contribution is -0.126. The average molecular weight is 242 g/mol. The highest BCUT2D eigenvalue weighted by molar-refractivity contribution is 5.82. The third kappa shape index (κ3) is 5.80. The minimum absolute atomic E-state index is 0.0689. The van der Waals surface area contributed by atoms with Crippen LogP contribution in [0.2, 0.25) is 0 Å². The Morgan fingerprint density at radius 3 is 2.59 bits per heavy atom. The zero-order valence-electron chi connectivity index (χ0n) is 14.1. The predicted molar refractivity (Wildman–Crippen MR) is 71.9 cm³/mol. The van der Waals surface area contributed by atoms with E-state index in [1.165, 1.54) is 13.0 Å². The monoisotopic (exact) mass is 242 g/mol. The van der Waals surface area contributed by atoms with Crippen molar-refractivity contribution in [2.24, 2.45) is 5.92 Å². The van der Waals surface area contributed by atoms with E-state index in [0.29, 0.717) is 6.42 Å². The highest BCUT2D eigenvalue weighted by Crippen LogP contribution is 2.16. The van der Waals surface area contributed by atoms with E-state index in [1.807, 2.05) is 6.92 Å². The fourth-order valence-corrected chi connectivity index (χ4v) is 1.79. The van der Waals surface area contributed by atoms with Gasteiger partial charge in [0.2, 0.25) is 0 Å². The molecule has 0 heterocycles. The largest absolute Gasteiger partial charge is 0.391 e. The number of allylic oxidation sites excluding steroid dienone is 4. The summed E-state index contributed by atoms with van der Waals surface area (Å²) in [6.45, 7) is 1.26. The molecule has 0 saturated heterocycles. The van der Waals surface area contributed by atoms with E-state index < -0.39 is 19.0 Å². The quantitative estimate of drug-likeness (QED) is 0.694. The minimum Gasteiger partial charge on any atom is -0.391 e. The summed E-state index contributed by atoms with van der Waals surface area (Å²) >= 11 is 0. The Bertz CT molecular complexity index is 362. The maximum absolute atomic E-state index is 11.5. The molecular weight excluding hydrogens is 214 g/mol. The van der Waals surface area contributed by atoms with Crippen LogP contribution < -0.4 is 0 Å². The van der Waals surface area contributed by atoms with Crippen molar-refractivity contribution in [2.45, 2.75) is 39.3 Å². The van der Waals surface area contributed by atoms with Crippen molar-refractivity contribution in [3.8, 4) is 0 Å².